The molecule has 3 aromatic rings. The average molecular weight is 438 g/mol. The quantitative estimate of drug-likeness (QED) is 0.558. The molecule has 1 aliphatic carbocycles. The van der Waals surface area contributed by atoms with Crippen LogP contribution in [-0.2, 0) is 13.0 Å². The lowest BCUT2D eigenvalue weighted by Gasteiger charge is -2.12. The first-order chi connectivity index (χ1) is 15.4. The fourth-order valence-electron chi connectivity index (χ4n) is 4.33. The van der Waals surface area contributed by atoms with Gasteiger partial charge in [0.1, 0.15) is 5.69 Å². The topological polar surface area (TPSA) is 66.8 Å². The Balaban J connectivity index is 1.38. The van der Waals surface area contributed by atoms with Crippen molar-refractivity contribution in [1.82, 2.24) is 30.9 Å². The van der Waals surface area contributed by atoms with Crippen molar-refractivity contribution in [2.24, 2.45) is 0 Å². The predicted molar refractivity (Wildman–Crippen MR) is 115 cm³/mol. The summed E-state index contributed by atoms with van der Waals surface area (Å²) in [6, 6.07) is 9.58. The summed E-state index contributed by atoms with van der Waals surface area (Å²) >= 11 is 0. The zero-order valence-corrected chi connectivity index (χ0v) is 17.1. The molecule has 0 spiro atoms. The number of halogens is 3. The van der Waals surface area contributed by atoms with E-state index >= 15 is 0 Å². The van der Waals surface area contributed by atoms with E-state index in [9.17, 15) is 13.2 Å². The van der Waals surface area contributed by atoms with Crippen molar-refractivity contribution in [3.63, 3.8) is 0 Å². The lowest BCUT2D eigenvalue weighted by atomic mass is 9.99. The van der Waals surface area contributed by atoms with Crippen molar-refractivity contribution in [3.05, 3.63) is 83.6 Å². The lowest BCUT2D eigenvalue weighted by Crippen LogP contribution is -2.35. The van der Waals surface area contributed by atoms with Crippen LogP contribution in [0.25, 0.3) is 23.2 Å². The van der Waals surface area contributed by atoms with Crippen molar-refractivity contribution in [1.29, 1.82) is 0 Å². The Hall–Kier alpha value is -3.59. The molecule has 1 aromatic carbocycles. The first-order valence-electron chi connectivity index (χ1n) is 10.2. The molecule has 1 aliphatic heterocycles. The summed E-state index contributed by atoms with van der Waals surface area (Å²) in [4.78, 5) is 8.76. The van der Waals surface area contributed by atoms with Crippen molar-refractivity contribution in [2.75, 3.05) is 0 Å². The van der Waals surface area contributed by atoms with Gasteiger partial charge in [-0.05, 0) is 41.7 Å². The van der Waals surface area contributed by atoms with Gasteiger partial charge < -0.3 is 9.99 Å². The van der Waals surface area contributed by atoms with Crippen molar-refractivity contribution < 1.29 is 13.2 Å². The molecule has 0 bridgehead atoms. The van der Waals surface area contributed by atoms with E-state index in [1.165, 1.54) is 23.4 Å². The molecule has 32 heavy (non-hydrogen) atoms. The number of aromatic nitrogens is 3. The van der Waals surface area contributed by atoms with Gasteiger partial charge in [-0.15, -0.1) is 5.53 Å². The number of hydrogen-bond donors (Lipinski definition) is 3. The van der Waals surface area contributed by atoms with Crippen LogP contribution in [0.4, 0.5) is 13.2 Å². The summed E-state index contributed by atoms with van der Waals surface area (Å²) in [5.41, 5.74) is 11.3. The Kier molecular flexibility index (Phi) is 4.97. The van der Waals surface area contributed by atoms with Crippen LogP contribution in [0.1, 0.15) is 34.6 Å². The number of alkyl halides is 3. The number of aryl methyl sites for hydroxylation is 1. The van der Waals surface area contributed by atoms with E-state index in [-0.39, 0.29) is 5.70 Å². The van der Waals surface area contributed by atoms with Gasteiger partial charge in [0.05, 0.1) is 17.7 Å². The first-order valence-corrected chi connectivity index (χ1v) is 10.2. The summed E-state index contributed by atoms with van der Waals surface area (Å²) in [5.74, 6) is 0.393. The van der Waals surface area contributed by atoms with E-state index in [0.717, 1.165) is 24.9 Å². The number of pyridine rings is 1. The van der Waals surface area contributed by atoms with Crippen molar-refractivity contribution in [3.8, 4) is 11.4 Å². The number of allylic oxidation sites excluding steroid dienone is 1. The minimum absolute atomic E-state index is 0.0814. The molecule has 164 valence electrons. The molecule has 2 aliphatic rings. The maximum atomic E-state index is 13.2. The minimum atomic E-state index is -4.51. The Bertz CT molecular complexity index is 1210. The van der Waals surface area contributed by atoms with E-state index in [1.54, 1.807) is 12.4 Å². The summed E-state index contributed by atoms with van der Waals surface area (Å²) in [7, 11) is 0. The zero-order chi connectivity index (χ0) is 22.3. The van der Waals surface area contributed by atoms with Crippen LogP contribution < -0.4 is 16.4 Å². The van der Waals surface area contributed by atoms with Gasteiger partial charge in [-0.1, -0.05) is 30.9 Å². The van der Waals surface area contributed by atoms with Crippen LogP contribution in [0.15, 0.2) is 61.3 Å². The van der Waals surface area contributed by atoms with Crippen molar-refractivity contribution in [2.45, 2.75) is 31.5 Å². The number of rotatable bonds is 5. The van der Waals surface area contributed by atoms with Gasteiger partial charge in [-0.3, -0.25) is 10.4 Å². The Labute approximate surface area is 182 Å². The molecule has 0 fully saturated rings. The van der Waals surface area contributed by atoms with Crippen LogP contribution in [0.5, 0.6) is 0 Å². The number of imidazole rings is 1. The van der Waals surface area contributed by atoms with Gasteiger partial charge in [-0.2, -0.15) is 13.2 Å². The second-order valence-electron chi connectivity index (χ2n) is 7.91. The van der Waals surface area contributed by atoms with Gasteiger partial charge >= 0.3 is 6.18 Å². The van der Waals surface area contributed by atoms with E-state index in [0.29, 0.717) is 22.9 Å². The molecule has 0 unspecified atom stereocenters. The molecule has 1 atom stereocenters. The van der Waals surface area contributed by atoms with E-state index in [4.69, 9.17) is 0 Å². The van der Waals surface area contributed by atoms with Crippen LogP contribution in [0, 0.1) is 0 Å². The summed E-state index contributed by atoms with van der Waals surface area (Å²) in [5, 5.41) is 0. The van der Waals surface area contributed by atoms with E-state index in [1.807, 2.05) is 16.8 Å². The van der Waals surface area contributed by atoms with Gasteiger partial charge in [0.2, 0.25) is 0 Å². The fraction of sp³-hybridized carbons (Fsp3) is 0.217. The zero-order valence-electron chi connectivity index (χ0n) is 17.1. The molecule has 6 nitrogen and oxygen atoms in total. The largest absolute Gasteiger partial charge is 0.434 e. The summed E-state index contributed by atoms with van der Waals surface area (Å²) < 4.78 is 41.7. The van der Waals surface area contributed by atoms with Gasteiger partial charge in [0, 0.05) is 30.4 Å². The molecule has 3 heterocycles. The highest BCUT2D eigenvalue weighted by atomic mass is 19.4. The van der Waals surface area contributed by atoms with Crippen LogP contribution in [0.3, 0.4) is 0 Å². The number of fused-ring (bicyclic) bond motifs is 1. The van der Waals surface area contributed by atoms with Gasteiger partial charge in [0.25, 0.3) is 0 Å². The second-order valence-corrected chi connectivity index (χ2v) is 7.91. The van der Waals surface area contributed by atoms with Gasteiger partial charge in [-0.25, -0.2) is 4.98 Å². The van der Waals surface area contributed by atoms with Crippen LogP contribution in [0.2, 0.25) is 0 Å². The second kappa shape index (κ2) is 7.83. The highest BCUT2D eigenvalue weighted by Crippen LogP contribution is 2.35. The van der Waals surface area contributed by atoms with Gasteiger partial charge in [0.15, 0.2) is 5.70 Å². The normalized spacial score (nSPS) is 17.8. The molecular formula is C23H21F3N6. The molecule has 5 rings (SSSR count). The molecule has 0 amide bonds. The predicted octanol–water partition coefficient (Wildman–Crippen LogP) is 4.16. The lowest BCUT2D eigenvalue weighted by molar-refractivity contribution is -0.0959. The number of benzene rings is 1. The monoisotopic (exact) mass is 438 g/mol. The fourth-order valence-corrected chi connectivity index (χ4v) is 4.33. The SMILES string of the molecule is C=Cc1ccc2c(c1)CC[C@H]2Cn1cnc(-c2cc(C3=C(C(F)(F)F)NNN3)ccn2)c1. The highest BCUT2D eigenvalue weighted by Gasteiger charge is 2.39. The Morgan fingerprint density at radius 3 is 2.81 bits per heavy atom. The minimum Gasteiger partial charge on any atom is -0.336 e. The molecule has 0 saturated carbocycles. The third kappa shape index (κ3) is 3.75. The Morgan fingerprint density at radius 2 is 2.00 bits per heavy atom. The van der Waals surface area contributed by atoms with Crippen LogP contribution >= 0.6 is 0 Å². The summed E-state index contributed by atoms with van der Waals surface area (Å²) in [6.45, 7) is 4.62. The maximum Gasteiger partial charge on any atom is 0.434 e. The van der Waals surface area contributed by atoms with E-state index < -0.39 is 11.9 Å². The number of nitrogens with zero attached hydrogens (tertiary/aromatic N) is 3. The number of hydrazine groups is 2. The van der Waals surface area contributed by atoms with Crippen LogP contribution in [-0.4, -0.2) is 20.7 Å². The third-order valence-electron chi connectivity index (χ3n) is 5.89. The number of nitrogens with one attached hydrogen (secondary N) is 3. The smallest absolute Gasteiger partial charge is 0.336 e. The standard InChI is InChI=1S/C23H21F3N6/c1-2-14-3-6-18-15(9-14)4-5-17(18)11-32-12-20(28-13-32)19-10-16(7-8-27-19)21-22(23(24,25)26)30-31-29-21/h2-3,6-10,12-13,17,29-31H,1,4-5,11H2/t17-/m0/s1. The molecule has 3 N–H and O–H groups in total. The summed E-state index contributed by atoms with van der Waals surface area (Å²) in [6.07, 6.45) is 4.57. The highest BCUT2D eigenvalue weighted by molar-refractivity contribution is 5.71. The molecule has 2 aromatic heterocycles. The molecular weight excluding hydrogens is 417 g/mol. The van der Waals surface area contributed by atoms with E-state index in [2.05, 4.69) is 51.1 Å². The van der Waals surface area contributed by atoms with Crippen molar-refractivity contribution >= 4 is 11.8 Å². The molecule has 9 heteroatoms. The molecule has 0 saturated heterocycles. The average Bonchev–Trinajstić information content (AvgIpc) is 3.53. The third-order valence-corrected chi connectivity index (χ3v) is 5.89. The first kappa shape index (κ1) is 20.3. The maximum absolute atomic E-state index is 13.2. The molecule has 0 radical (unpaired) electrons. The number of hydrogen-bond acceptors (Lipinski definition) is 5. The Morgan fingerprint density at radius 1 is 1.12 bits per heavy atom.